The maximum atomic E-state index is 11.5. The molecule has 0 aromatic heterocycles. The molecular weight excluding hydrogens is 224 g/mol. The number of imide groups is 2. The van der Waals surface area contributed by atoms with E-state index in [0.717, 1.165) is 9.80 Å². The topological polar surface area (TPSA) is 74.8 Å². The minimum atomic E-state index is -0.418. The zero-order chi connectivity index (χ0) is 12.6. The van der Waals surface area contributed by atoms with Crippen molar-refractivity contribution in [2.75, 3.05) is 13.1 Å². The fourth-order valence-corrected chi connectivity index (χ4v) is 1.70. The van der Waals surface area contributed by atoms with Gasteiger partial charge in [-0.25, -0.2) is 0 Å². The fourth-order valence-electron chi connectivity index (χ4n) is 1.70. The van der Waals surface area contributed by atoms with Crippen LogP contribution < -0.4 is 0 Å². The van der Waals surface area contributed by atoms with E-state index < -0.39 is 17.7 Å². The molecular formula is C11H10N2O4. The summed E-state index contributed by atoms with van der Waals surface area (Å²) in [7, 11) is 0. The molecule has 0 aromatic carbocycles. The highest BCUT2D eigenvalue weighted by Gasteiger charge is 2.30. The summed E-state index contributed by atoms with van der Waals surface area (Å²) in [5.41, 5.74) is 0.368. The van der Waals surface area contributed by atoms with E-state index in [1.165, 1.54) is 18.2 Å². The van der Waals surface area contributed by atoms with Crippen LogP contribution in [-0.4, -0.2) is 46.5 Å². The molecule has 0 bridgehead atoms. The predicted molar refractivity (Wildman–Crippen MR) is 56.3 cm³/mol. The quantitative estimate of drug-likeness (QED) is 0.601. The molecule has 0 aliphatic carbocycles. The molecule has 6 nitrogen and oxygen atoms in total. The van der Waals surface area contributed by atoms with E-state index in [4.69, 9.17) is 0 Å². The lowest BCUT2D eigenvalue weighted by Crippen LogP contribution is -2.41. The molecule has 0 fully saturated rings. The van der Waals surface area contributed by atoms with Gasteiger partial charge < -0.3 is 0 Å². The van der Waals surface area contributed by atoms with Crippen LogP contribution in [0.5, 0.6) is 0 Å². The van der Waals surface area contributed by atoms with Crippen molar-refractivity contribution in [1.29, 1.82) is 0 Å². The van der Waals surface area contributed by atoms with Gasteiger partial charge in [-0.1, -0.05) is 0 Å². The molecule has 2 aliphatic rings. The van der Waals surface area contributed by atoms with E-state index in [0.29, 0.717) is 5.57 Å². The van der Waals surface area contributed by atoms with E-state index in [1.54, 1.807) is 6.92 Å². The highest BCUT2D eigenvalue weighted by molar-refractivity contribution is 6.16. The van der Waals surface area contributed by atoms with Gasteiger partial charge in [0.05, 0.1) is 0 Å². The van der Waals surface area contributed by atoms with Crippen molar-refractivity contribution in [2.24, 2.45) is 0 Å². The highest BCUT2D eigenvalue weighted by atomic mass is 16.2. The average Bonchev–Trinajstić information content (AvgIpc) is 2.70. The molecule has 4 amide bonds. The van der Waals surface area contributed by atoms with Gasteiger partial charge in [0, 0.05) is 36.9 Å². The Hall–Kier alpha value is -2.24. The molecule has 2 rings (SSSR count). The van der Waals surface area contributed by atoms with Crippen LogP contribution >= 0.6 is 0 Å². The fraction of sp³-hybridized carbons (Fsp3) is 0.273. The summed E-state index contributed by atoms with van der Waals surface area (Å²) >= 11 is 0. The normalized spacial score (nSPS) is 19.7. The van der Waals surface area contributed by atoms with Gasteiger partial charge in [-0.3, -0.25) is 29.0 Å². The lowest BCUT2D eigenvalue weighted by molar-refractivity contribution is -0.142. The minimum Gasteiger partial charge on any atom is -0.274 e. The number of carbonyl (C=O) groups is 4. The summed E-state index contributed by atoms with van der Waals surface area (Å²) in [5, 5.41) is 0. The van der Waals surface area contributed by atoms with Crippen LogP contribution in [-0.2, 0) is 19.2 Å². The van der Waals surface area contributed by atoms with Crippen LogP contribution in [0, 0.1) is 0 Å². The van der Waals surface area contributed by atoms with Crippen molar-refractivity contribution in [1.82, 2.24) is 9.80 Å². The van der Waals surface area contributed by atoms with Gasteiger partial charge in [-0.2, -0.15) is 0 Å². The lowest BCUT2D eigenvalue weighted by atomic mass is 10.3. The first kappa shape index (κ1) is 11.3. The number of amides is 4. The van der Waals surface area contributed by atoms with Crippen LogP contribution in [0.1, 0.15) is 6.92 Å². The largest absolute Gasteiger partial charge is 0.274 e. The third kappa shape index (κ3) is 1.89. The standard InChI is InChI=1S/C11H10N2O4/c1-7-6-10(16)13(11(7)17)5-4-12-8(14)2-3-9(12)15/h2-3,6H,4-5H2,1H3. The van der Waals surface area contributed by atoms with Gasteiger partial charge in [-0.05, 0) is 6.92 Å². The van der Waals surface area contributed by atoms with E-state index >= 15 is 0 Å². The summed E-state index contributed by atoms with van der Waals surface area (Å²) in [6.45, 7) is 1.61. The second-order valence-electron chi connectivity index (χ2n) is 3.78. The molecule has 2 heterocycles. The molecule has 0 aromatic rings. The lowest BCUT2D eigenvalue weighted by Gasteiger charge is -2.18. The number of carbonyl (C=O) groups excluding carboxylic acids is 4. The third-order valence-electron chi connectivity index (χ3n) is 2.64. The molecule has 2 aliphatic heterocycles. The van der Waals surface area contributed by atoms with Gasteiger partial charge in [-0.15, -0.1) is 0 Å². The van der Waals surface area contributed by atoms with Crippen LogP contribution in [0.4, 0.5) is 0 Å². The van der Waals surface area contributed by atoms with Crippen molar-refractivity contribution < 1.29 is 19.2 Å². The van der Waals surface area contributed by atoms with Gasteiger partial charge in [0.1, 0.15) is 0 Å². The second-order valence-corrected chi connectivity index (χ2v) is 3.78. The summed E-state index contributed by atoms with van der Waals surface area (Å²) in [5.74, 6) is -1.61. The maximum Gasteiger partial charge on any atom is 0.256 e. The Morgan fingerprint density at radius 2 is 1.41 bits per heavy atom. The number of rotatable bonds is 3. The van der Waals surface area contributed by atoms with E-state index in [9.17, 15) is 19.2 Å². The summed E-state index contributed by atoms with van der Waals surface area (Å²) in [4.78, 5) is 47.4. The molecule has 17 heavy (non-hydrogen) atoms. The Morgan fingerprint density at radius 3 is 1.88 bits per heavy atom. The van der Waals surface area contributed by atoms with Crippen LogP contribution in [0.3, 0.4) is 0 Å². The SMILES string of the molecule is CC1=CC(=O)N(CCN2C(=O)C=CC2=O)C1=O. The molecule has 0 saturated heterocycles. The Balaban J connectivity index is 1.96. The third-order valence-corrected chi connectivity index (χ3v) is 2.64. The number of hydrogen-bond acceptors (Lipinski definition) is 4. The number of nitrogens with zero attached hydrogens (tertiary/aromatic N) is 2. The molecule has 0 saturated carbocycles. The molecule has 0 N–H and O–H groups in total. The Labute approximate surface area is 97.2 Å². The molecule has 88 valence electrons. The van der Waals surface area contributed by atoms with Crippen molar-refractivity contribution in [3.05, 3.63) is 23.8 Å². The van der Waals surface area contributed by atoms with E-state index in [-0.39, 0.29) is 19.0 Å². The Morgan fingerprint density at radius 1 is 0.882 bits per heavy atom. The molecule has 6 heteroatoms. The summed E-state index contributed by atoms with van der Waals surface area (Å²) in [6, 6.07) is 0. The molecule has 0 atom stereocenters. The Kier molecular flexibility index (Phi) is 2.63. The zero-order valence-electron chi connectivity index (χ0n) is 9.17. The van der Waals surface area contributed by atoms with Gasteiger partial charge in [0.15, 0.2) is 0 Å². The average molecular weight is 234 g/mol. The highest BCUT2D eigenvalue weighted by Crippen LogP contribution is 2.12. The van der Waals surface area contributed by atoms with Crippen LogP contribution in [0.15, 0.2) is 23.8 Å². The molecule has 0 spiro atoms. The van der Waals surface area contributed by atoms with Crippen molar-refractivity contribution in [3.8, 4) is 0 Å². The first-order chi connectivity index (χ1) is 8.00. The first-order valence-electron chi connectivity index (χ1n) is 5.08. The van der Waals surface area contributed by atoms with Gasteiger partial charge in [0.2, 0.25) is 0 Å². The van der Waals surface area contributed by atoms with Crippen molar-refractivity contribution >= 4 is 23.6 Å². The van der Waals surface area contributed by atoms with Crippen LogP contribution in [0.2, 0.25) is 0 Å². The van der Waals surface area contributed by atoms with Crippen molar-refractivity contribution in [3.63, 3.8) is 0 Å². The zero-order valence-corrected chi connectivity index (χ0v) is 9.17. The smallest absolute Gasteiger partial charge is 0.256 e. The van der Waals surface area contributed by atoms with E-state index in [2.05, 4.69) is 0 Å². The first-order valence-corrected chi connectivity index (χ1v) is 5.08. The van der Waals surface area contributed by atoms with Gasteiger partial charge in [0.25, 0.3) is 23.6 Å². The second kappa shape index (κ2) is 3.97. The van der Waals surface area contributed by atoms with Crippen molar-refractivity contribution in [2.45, 2.75) is 6.92 Å². The maximum absolute atomic E-state index is 11.5. The number of hydrogen-bond donors (Lipinski definition) is 0. The summed E-state index contributed by atoms with van der Waals surface area (Å²) in [6.07, 6.45) is 3.58. The van der Waals surface area contributed by atoms with Gasteiger partial charge >= 0.3 is 0 Å². The summed E-state index contributed by atoms with van der Waals surface area (Å²) < 4.78 is 0. The van der Waals surface area contributed by atoms with E-state index in [1.807, 2.05) is 0 Å². The van der Waals surface area contributed by atoms with Crippen LogP contribution in [0.25, 0.3) is 0 Å². The molecule has 0 radical (unpaired) electrons. The monoisotopic (exact) mass is 234 g/mol. The predicted octanol–water partition coefficient (Wildman–Crippen LogP) is -0.773. The Bertz CT molecular complexity index is 472. The molecule has 0 unspecified atom stereocenters. The minimum absolute atomic E-state index is 0.0310.